The van der Waals surface area contributed by atoms with Crippen molar-refractivity contribution >= 4 is 22.2 Å². The topological polar surface area (TPSA) is 34.1 Å². The number of nitrogens with zero attached hydrogens (tertiary/aromatic N) is 1. The Balaban J connectivity index is 1.86. The van der Waals surface area contributed by atoms with E-state index in [4.69, 9.17) is 4.74 Å². The third-order valence-electron chi connectivity index (χ3n) is 3.17. The van der Waals surface area contributed by atoms with Crippen LogP contribution in [0.25, 0.3) is 10.4 Å². The lowest BCUT2D eigenvalue weighted by Crippen LogP contribution is -1.88. The van der Waals surface area contributed by atoms with Gasteiger partial charge in [0.15, 0.2) is 5.13 Å². The van der Waals surface area contributed by atoms with E-state index in [1.165, 1.54) is 4.88 Å². The number of methoxy groups -OCH3 is 1. The van der Waals surface area contributed by atoms with Crippen molar-refractivity contribution in [2.24, 2.45) is 0 Å². The van der Waals surface area contributed by atoms with E-state index >= 15 is 0 Å². The van der Waals surface area contributed by atoms with Crippen LogP contribution in [0.3, 0.4) is 0 Å². The molecule has 3 nitrogen and oxygen atoms in total. The van der Waals surface area contributed by atoms with Gasteiger partial charge in [0.05, 0.1) is 17.7 Å². The molecule has 0 amide bonds. The van der Waals surface area contributed by atoms with Gasteiger partial charge in [0.1, 0.15) is 5.75 Å². The third-order valence-corrected chi connectivity index (χ3v) is 4.30. The highest BCUT2D eigenvalue weighted by Crippen LogP contribution is 2.34. The van der Waals surface area contributed by atoms with Crippen LogP contribution in [0.1, 0.15) is 5.69 Å². The predicted octanol–water partition coefficient (Wildman–Crippen LogP) is 4.87. The van der Waals surface area contributed by atoms with Crippen LogP contribution >= 0.6 is 11.3 Å². The van der Waals surface area contributed by atoms with Crippen molar-refractivity contribution in [1.82, 2.24) is 4.98 Å². The first kappa shape index (κ1) is 13.6. The van der Waals surface area contributed by atoms with Crippen LogP contribution in [0.15, 0.2) is 54.6 Å². The number of nitrogens with one attached hydrogen (secondary N) is 1. The third kappa shape index (κ3) is 3.06. The van der Waals surface area contributed by atoms with Gasteiger partial charge < -0.3 is 10.1 Å². The fourth-order valence-corrected chi connectivity index (χ4v) is 3.10. The molecule has 0 aliphatic rings. The van der Waals surface area contributed by atoms with Gasteiger partial charge in [-0.05, 0) is 48.9 Å². The smallest absolute Gasteiger partial charge is 0.187 e. The minimum Gasteiger partial charge on any atom is -0.497 e. The van der Waals surface area contributed by atoms with Crippen molar-refractivity contribution in [3.05, 3.63) is 60.3 Å². The minimum absolute atomic E-state index is 0.864. The molecule has 0 spiro atoms. The number of anilines is 2. The SMILES string of the molecule is COc1ccc(-c2sc(Nc3ccccc3)nc2C)cc1. The first-order valence-corrected chi connectivity index (χ1v) is 7.52. The Morgan fingerprint density at radius 3 is 2.38 bits per heavy atom. The summed E-state index contributed by atoms with van der Waals surface area (Å²) in [5.74, 6) is 0.864. The lowest BCUT2D eigenvalue weighted by Gasteiger charge is -2.02. The Labute approximate surface area is 128 Å². The number of benzene rings is 2. The van der Waals surface area contributed by atoms with E-state index in [1.807, 2.05) is 49.4 Å². The largest absolute Gasteiger partial charge is 0.497 e. The zero-order chi connectivity index (χ0) is 14.7. The Bertz CT molecular complexity index is 720. The standard InChI is InChI=1S/C17H16N2OS/c1-12-16(13-8-10-15(20-2)11-9-13)21-17(18-12)19-14-6-4-3-5-7-14/h3-11H,1-2H3,(H,18,19). The Morgan fingerprint density at radius 2 is 1.71 bits per heavy atom. The molecule has 0 aliphatic carbocycles. The van der Waals surface area contributed by atoms with Crippen molar-refractivity contribution in [3.8, 4) is 16.2 Å². The molecular formula is C17H16N2OS. The second kappa shape index (κ2) is 5.97. The zero-order valence-electron chi connectivity index (χ0n) is 12.0. The summed E-state index contributed by atoms with van der Waals surface area (Å²) in [6.07, 6.45) is 0. The van der Waals surface area contributed by atoms with Gasteiger partial charge in [0.2, 0.25) is 0 Å². The quantitative estimate of drug-likeness (QED) is 0.745. The van der Waals surface area contributed by atoms with E-state index in [9.17, 15) is 0 Å². The van der Waals surface area contributed by atoms with E-state index in [1.54, 1.807) is 18.4 Å². The van der Waals surface area contributed by atoms with Gasteiger partial charge in [-0.25, -0.2) is 4.98 Å². The van der Waals surface area contributed by atoms with E-state index in [0.29, 0.717) is 0 Å². The number of hydrogen-bond donors (Lipinski definition) is 1. The van der Waals surface area contributed by atoms with E-state index < -0.39 is 0 Å². The predicted molar refractivity (Wildman–Crippen MR) is 88.6 cm³/mol. The molecular weight excluding hydrogens is 280 g/mol. The number of aromatic nitrogens is 1. The molecule has 106 valence electrons. The van der Waals surface area contributed by atoms with E-state index in [2.05, 4.69) is 22.4 Å². The van der Waals surface area contributed by atoms with Gasteiger partial charge in [-0.3, -0.25) is 0 Å². The molecule has 0 bridgehead atoms. The average Bonchev–Trinajstić information content (AvgIpc) is 2.89. The Morgan fingerprint density at radius 1 is 1.00 bits per heavy atom. The van der Waals surface area contributed by atoms with Crippen LogP contribution < -0.4 is 10.1 Å². The monoisotopic (exact) mass is 296 g/mol. The summed E-state index contributed by atoms with van der Waals surface area (Å²) in [6, 6.07) is 18.1. The van der Waals surface area contributed by atoms with Crippen LogP contribution in [0, 0.1) is 6.92 Å². The molecule has 1 heterocycles. The maximum Gasteiger partial charge on any atom is 0.187 e. The number of rotatable bonds is 4. The van der Waals surface area contributed by atoms with Crippen molar-refractivity contribution in [2.45, 2.75) is 6.92 Å². The van der Waals surface area contributed by atoms with Crippen LogP contribution in [0.4, 0.5) is 10.8 Å². The maximum atomic E-state index is 5.19. The number of hydrogen-bond acceptors (Lipinski definition) is 4. The first-order chi connectivity index (χ1) is 10.3. The summed E-state index contributed by atoms with van der Waals surface area (Å²) in [6.45, 7) is 2.03. The second-order valence-corrected chi connectivity index (χ2v) is 5.65. The summed E-state index contributed by atoms with van der Waals surface area (Å²) in [7, 11) is 1.68. The molecule has 0 fully saturated rings. The molecule has 0 aliphatic heterocycles. The van der Waals surface area contributed by atoms with Crippen LogP contribution in [-0.2, 0) is 0 Å². The van der Waals surface area contributed by atoms with Gasteiger partial charge in [0, 0.05) is 5.69 Å². The van der Waals surface area contributed by atoms with Crippen LogP contribution in [0.5, 0.6) is 5.75 Å². The van der Waals surface area contributed by atoms with Gasteiger partial charge >= 0.3 is 0 Å². The molecule has 3 rings (SSSR count). The molecule has 0 saturated carbocycles. The highest BCUT2D eigenvalue weighted by molar-refractivity contribution is 7.19. The van der Waals surface area contributed by atoms with Crippen LogP contribution in [0.2, 0.25) is 0 Å². The number of aryl methyl sites for hydroxylation is 1. The molecule has 0 saturated heterocycles. The fraction of sp³-hybridized carbons (Fsp3) is 0.118. The normalized spacial score (nSPS) is 10.4. The first-order valence-electron chi connectivity index (χ1n) is 6.70. The average molecular weight is 296 g/mol. The summed E-state index contributed by atoms with van der Waals surface area (Å²) in [5, 5.41) is 4.25. The lowest BCUT2D eigenvalue weighted by molar-refractivity contribution is 0.415. The summed E-state index contributed by atoms with van der Waals surface area (Å²) in [4.78, 5) is 5.78. The van der Waals surface area contributed by atoms with Crippen molar-refractivity contribution < 1.29 is 4.74 Å². The highest BCUT2D eigenvalue weighted by atomic mass is 32.1. The molecule has 4 heteroatoms. The van der Waals surface area contributed by atoms with Crippen molar-refractivity contribution in [2.75, 3.05) is 12.4 Å². The van der Waals surface area contributed by atoms with Gasteiger partial charge in [-0.2, -0.15) is 0 Å². The molecule has 1 N–H and O–H groups in total. The van der Waals surface area contributed by atoms with E-state index in [-0.39, 0.29) is 0 Å². The minimum atomic E-state index is 0.864. The lowest BCUT2D eigenvalue weighted by atomic mass is 10.1. The Kier molecular flexibility index (Phi) is 3.88. The van der Waals surface area contributed by atoms with Gasteiger partial charge in [0.25, 0.3) is 0 Å². The summed E-state index contributed by atoms with van der Waals surface area (Å²) >= 11 is 1.66. The molecule has 3 aromatic rings. The fourth-order valence-electron chi connectivity index (χ4n) is 2.11. The number of thiazole rings is 1. The Hall–Kier alpha value is -2.33. The number of para-hydroxylation sites is 1. The van der Waals surface area contributed by atoms with Crippen molar-refractivity contribution in [1.29, 1.82) is 0 Å². The van der Waals surface area contributed by atoms with Crippen LogP contribution in [-0.4, -0.2) is 12.1 Å². The zero-order valence-corrected chi connectivity index (χ0v) is 12.8. The second-order valence-electron chi connectivity index (χ2n) is 4.65. The molecule has 2 aromatic carbocycles. The van der Waals surface area contributed by atoms with E-state index in [0.717, 1.165) is 27.8 Å². The maximum absolute atomic E-state index is 5.19. The summed E-state index contributed by atoms with van der Waals surface area (Å²) in [5.41, 5.74) is 3.24. The molecule has 1 aromatic heterocycles. The number of ether oxygens (including phenoxy) is 1. The molecule has 0 unspecified atom stereocenters. The molecule has 0 radical (unpaired) electrons. The van der Waals surface area contributed by atoms with Crippen molar-refractivity contribution in [3.63, 3.8) is 0 Å². The molecule has 0 atom stereocenters. The van der Waals surface area contributed by atoms with Gasteiger partial charge in [-0.1, -0.05) is 29.5 Å². The summed E-state index contributed by atoms with van der Waals surface area (Å²) < 4.78 is 5.19. The molecule has 21 heavy (non-hydrogen) atoms. The highest BCUT2D eigenvalue weighted by Gasteiger charge is 2.10. The van der Waals surface area contributed by atoms with Gasteiger partial charge in [-0.15, -0.1) is 0 Å².